The third kappa shape index (κ3) is 3.38. The monoisotopic (exact) mass is 277 g/mol. The molecule has 1 atom stereocenters. The van der Waals surface area contributed by atoms with Gasteiger partial charge in [0, 0.05) is 19.1 Å². The van der Waals surface area contributed by atoms with Crippen molar-refractivity contribution in [2.45, 2.75) is 32.4 Å². The predicted molar refractivity (Wildman–Crippen MR) is 77.6 cm³/mol. The minimum atomic E-state index is -0.909. The zero-order valence-electron chi connectivity index (χ0n) is 12.4. The van der Waals surface area contributed by atoms with Crippen molar-refractivity contribution in [3.05, 3.63) is 35.9 Å². The van der Waals surface area contributed by atoms with E-state index in [2.05, 4.69) is 43.0 Å². The first-order chi connectivity index (χ1) is 9.41. The van der Waals surface area contributed by atoms with Gasteiger partial charge in [-0.3, -0.25) is 4.90 Å². The Morgan fingerprint density at radius 1 is 1.35 bits per heavy atom. The highest BCUT2D eigenvalue weighted by Gasteiger charge is 2.44. The van der Waals surface area contributed by atoms with E-state index in [1.807, 2.05) is 13.0 Å². The minimum Gasteiger partial charge on any atom is -0.480 e. The summed E-state index contributed by atoms with van der Waals surface area (Å²) in [5, 5.41) is 8.70. The van der Waals surface area contributed by atoms with Crippen molar-refractivity contribution in [1.29, 1.82) is 0 Å². The van der Waals surface area contributed by atoms with Gasteiger partial charge in [-0.1, -0.05) is 44.2 Å². The Balaban J connectivity index is 1.99. The number of aliphatic carboxylic acids is 1. The number of ether oxygens (including phenoxy) is 1. The first-order valence-electron chi connectivity index (χ1n) is 7.06. The molecule has 0 aromatic heterocycles. The normalized spacial score (nSPS) is 19.6. The van der Waals surface area contributed by atoms with Crippen LogP contribution < -0.4 is 0 Å². The Kier molecular flexibility index (Phi) is 4.45. The van der Waals surface area contributed by atoms with Crippen LogP contribution in [-0.4, -0.2) is 41.3 Å². The van der Waals surface area contributed by atoms with Crippen LogP contribution >= 0.6 is 0 Å². The van der Waals surface area contributed by atoms with E-state index >= 15 is 0 Å². The quantitative estimate of drug-likeness (QED) is 0.868. The fraction of sp³-hybridized carbons (Fsp3) is 0.562. The lowest BCUT2D eigenvalue weighted by atomic mass is 9.87. The highest BCUT2D eigenvalue weighted by atomic mass is 16.5. The Morgan fingerprint density at radius 2 is 1.95 bits per heavy atom. The molecule has 4 nitrogen and oxygen atoms in total. The Labute approximate surface area is 120 Å². The van der Waals surface area contributed by atoms with Crippen LogP contribution in [0.4, 0.5) is 0 Å². The lowest BCUT2D eigenvalue weighted by Crippen LogP contribution is -2.63. The molecule has 0 aliphatic carbocycles. The first-order valence-corrected chi connectivity index (χ1v) is 7.06. The maximum Gasteiger partial charge on any atom is 0.329 e. The second-order valence-corrected chi connectivity index (χ2v) is 6.14. The fourth-order valence-electron chi connectivity index (χ4n) is 3.00. The van der Waals surface area contributed by atoms with E-state index in [1.165, 1.54) is 5.56 Å². The highest BCUT2D eigenvalue weighted by Crippen LogP contribution is 2.37. The van der Waals surface area contributed by atoms with Crippen molar-refractivity contribution in [3.8, 4) is 0 Å². The van der Waals surface area contributed by atoms with Crippen LogP contribution in [0, 0.1) is 5.92 Å². The van der Waals surface area contributed by atoms with Gasteiger partial charge in [-0.05, 0) is 18.4 Å². The summed E-state index contributed by atoms with van der Waals surface area (Å²) in [5.74, 6) is -0.408. The van der Waals surface area contributed by atoms with Gasteiger partial charge < -0.3 is 9.84 Å². The van der Waals surface area contributed by atoms with Gasteiger partial charge >= 0.3 is 5.97 Å². The standard InChI is InChI=1S/C16H23NO3/c1-12(2)15(13-7-5-4-6-8-13)17-10-16(3,11-17)20-9-14(18)19/h4-8,12,15H,9-11H2,1-3H3,(H,18,19). The fourth-order valence-corrected chi connectivity index (χ4v) is 3.00. The van der Waals surface area contributed by atoms with Crippen LogP contribution in [0.1, 0.15) is 32.4 Å². The van der Waals surface area contributed by atoms with Crippen LogP contribution in [0.5, 0.6) is 0 Å². The molecule has 0 amide bonds. The largest absolute Gasteiger partial charge is 0.480 e. The molecule has 4 heteroatoms. The average Bonchev–Trinajstić information content (AvgIpc) is 2.35. The molecule has 0 saturated carbocycles. The molecular formula is C16H23NO3. The van der Waals surface area contributed by atoms with Crippen molar-refractivity contribution in [3.63, 3.8) is 0 Å². The molecule has 1 aromatic rings. The number of hydrogen-bond acceptors (Lipinski definition) is 3. The highest BCUT2D eigenvalue weighted by molar-refractivity contribution is 5.68. The third-order valence-corrected chi connectivity index (χ3v) is 3.79. The van der Waals surface area contributed by atoms with Gasteiger partial charge in [0.1, 0.15) is 6.61 Å². The molecule has 0 bridgehead atoms. The van der Waals surface area contributed by atoms with Crippen molar-refractivity contribution in [2.24, 2.45) is 5.92 Å². The Hall–Kier alpha value is -1.39. The molecular weight excluding hydrogens is 254 g/mol. The Morgan fingerprint density at radius 3 is 2.45 bits per heavy atom. The summed E-state index contributed by atoms with van der Waals surface area (Å²) in [6.45, 7) is 7.74. The summed E-state index contributed by atoms with van der Waals surface area (Å²) in [5.41, 5.74) is 0.975. The molecule has 1 unspecified atom stereocenters. The number of rotatable bonds is 6. The maximum atomic E-state index is 10.6. The number of nitrogens with zero attached hydrogens (tertiary/aromatic N) is 1. The Bertz CT molecular complexity index is 452. The lowest BCUT2D eigenvalue weighted by molar-refractivity contribution is -0.172. The SMILES string of the molecule is CC(C)C(c1ccccc1)N1CC(C)(OCC(=O)O)C1. The smallest absolute Gasteiger partial charge is 0.329 e. The van der Waals surface area contributed by atoms with Crippen LogP contribution in [0.15, 0.2) is 30.3 Å². The van der Waals surface area contributed by atoms with E-state index in [0.29, 0.717) is 12.0 Å². The molecule has 2 rings (SSSR count). The molecule has 1 aromatic carbocycles. The molecule has 0 radical (unpaired) electrons. The minimum absolute atomic E-state index is 0.220. The van der Waals surface area contributed by atoms with Gasteiger partial charge in [0.05, 0.1) is 5.60 Å². The van der Waals surface area contributed by atoms with Gasteiger partial charge in [0.15, 0.2) is 0 Å². The molecule has 20 heavy (non-hydrogen) atoms. The van der Waals surface area contributed by atoms with Gasteiger partial charge in [0.25, 0.3) is 0 Å². The second-order valence-electron chi connectivity index (χ2n) is 6.14. The first kappa shape index (κ1) is 15.0. The topological polar surface area (TPSA) is 49.8 Å². The van der Waals surface area contributed by atoms with Crippen LogP contribution in [0.25, 0.3) is 0 Å². The zero-order chi connectivity index (χ0) is 14.8. The predicted octanol–water partition coefficient (Wildman–Crippen LogP) is 2.56. The summed E-state index contributed by atoms with van der Waals surface area (Å²) in [4.78, 5) is 13.0. The van der Waals surface area contributed by atoms with Gasteiger partial charge in [-0.15, -0.1) is 0 Å². The van der Waals surface area contributed by atoms with Gasteiger partial charge in [0.2, 0.25) is 0 Å². The van der Waals surface area contributed by atoms with E-state index in [-0.39, 0.29) is 12.2 Å². The molecule has 0 spiro atoms. The third-order valence-electron chi connectivity index (χ3n) is 3.79. The average molecular weight is 277 g/mol. The second kappa shape index (κ2) is 5.94. The van der Waals surface area contributed by atoms with Crippen molar-refractivity contribution in [1.82, 2.24) is 4.90 Å². The number of carbonyl (C=O) groups is 1. The van der Waals surface area contributed by atoms with Crippen LogP contribution in [0.2, 0.25) is 0 Å². The van der Waals surface area contributed by atoms with Crippen molar-refractivity contribution >= 4 is 5.97 Å². The summed E-state index contributed by atoms with van der Waals surface area (Å²) >= 11 is 0. The molecule has 1 N–H and O–H groups in total. The molecule has 1 aliphatic rings. The van der Waals surface area contributed by atoms with Crippen LogP contribution in [-0.2, 0) is 9.53 Å². The van der Waals surface area contributed by atoms with Crippen molar-refractivity contribution in [2.75, 3.05) is 19.7 Å². The van der Waals surface area contributed by atoms with E-state index in [1.54, 1.807) is 0 Å². The molecule has 110 valence electrons. The molecule has 1 fully saturated rings. The summed E-state index contributed by atoms with van der Waals surface area (Å²) in [6, 6.07) is 10.8. The van der Waals surface area contributed by atoms with E-state index < -0.39 is 5.97 Å². The molecule has 1 heterocycles. The number of hydrogen-bond donors (Lipinski definition) is 1. The number of benzene rings is 1. The zero-order valence-corrected chi connectivity index (χ0v) is 12.4. The number of carboxylic acids is 1. The van der Waals surface area contributed by atoms with E-state index in [9.17, 15) is 4.79 Å². The lowest BCUT2D eigenvalue weighted by Gasteiger charge is -2.52. The number of likely N-dealkylation sites (tertiary alicyclic amines) is 1. The van der Waals surface area contributed by atoms with Crippen molar-refractivity contribution < 1.29 is 14.6 Å². The van der Waals surface area contributed by atoms with Crippen LogP contribution in [0.3, 0.4) is 0 Å². The summed E-state index contributed by atoms with van der Waals surface area (Å²) in [6.07, 6.45) is 0. The summed E-state index contributed by atoms with van der Waals surface area (Å²) < 4.78 is 5.48. The number of carboxylic acid groups (broad SMARTS) is 1. The van der Waals surface area contributed by atoms with E-state index in [4.69, 9.17) is 9.84 Å². The maximum absolute atomic E-state index is 10.6. The molecule has 1 saturated heterocycles. The summed E-state index contributed by atoms with van der Waals surface area (Å²) in [7, 11) is 0. The van der Waals surface area contributed by atoms with Gasteiger partial charge in [-0.2, -0.15) is 0 Å². The van der Waals surface area contributed by atoms with Gasteiger partial charge in [-0.25, -0.2) is 4.79 Å². The van der Waals surface area contributed by atoms with E-state index in [0.717, 1.165) is 13.1 Å². The molecule has 1 aliphatic heterocycles.